The highest BCUT2D eigenvalue weighted by molar-refractivity contribution is 8.12. The predicted molar refractivity (Wildman–Crippen MR) is 51.6 cm³/mol. The number of nitrogens with two attached hydrogens (primary N) is 1. The second-order valence-electron chi connectivity index (χ2n) is 2.23. The summed E-state index contributed by atoms with van der Waals surface area (Å²) < 4.78 is 22.4. The van der Waals surface area contributed by atoms with E-state index in [-0.39, 0.29) is 10.9 Å². The molecule has 0 saturated heterocycles. The Hall–Kier alpha value is -0.490. The Morgan fingerprint density at radius 3 is 2.75 bits per heavy atom. The van der Waals surface area contributed by atoms with Crippen LogP contribution in [0.25, 0.3) is 0 Å². The van der Waals surface area contributed by atoms with Crippen molar-refractivity contribution in [3.05, 3.63) is 11.2 Å². The first-order chi connectivity index (χ1) is 5.56. The van der Waals surface area contributed by atoms with Crippen LogP contribution in [0.2, 0.25) is 0 Å². The monoisotopic (exact) mass is 206 g/mol. The maximum absolute atomic E-state index is 11.2. The fraction of sp³-hybridized carbons (Fsp3) is 0.500. The van der Waals surface area contributed by atoms with Crippen LogP contribution in [0.4, 0.5) is 0 Å². The Kier molecular flexibility index (Phi) is 2.79. The summed E-state index contributed by atoms with van der Waals surface area (Å²) in [6.45, 7) is 1.96. The van der Waals surface area contributed by atoms with Gasteiger partial charge in [0.05, 0.1) is 5.41 Å². The van der Waals surface area contributed by atoms with Crippen LogP contribution in [0.5, 0.6) is 0 Å². The van der Waals surface area contributed by atoms with Crippen LogP contribution in [-0.2, 0) is 9.84 Å². The molecule has 0 aromatic heterocycles. The average Bonchev–Trinajstić information content (AvgIpc) is 2.20. The summed E-state index contributed by atoms with van der Waals surface area (Å²) in [7, 11) is -3.27. The van der Waals surface area contributed by atoms with Crippen molar-refractivity contribution in [2.24, 2.45) is 10.7 Å². The van der Waals surface area contributed by atoms with Gasteiger partial charge >= 0.3 is 0 Å². The third-order valence-corrected chi connectivity index (χ3v) is 3.80. The fourth-order valence-electron chi connectivity index (χ4n) is 0.765. The molecule has 1 heterocycles. The third kappa shape index (κ3) is 2.01. The Labute approximate surface area is 75.9 Å². The lowest BCUT2D eigenvalue weighted by Crippen LogP contribution is -2.11. The highest BCUT2D eigenvalue weighted by Gasteiger charge is 2.22. The van der Waals surface area contributed by atoms with E-state index < -0.39 is 9.84 Å². The number of hydrogen-bond acceptors (Lipinski definition) is 5. The molecule has 0 bridgehead atoms. The molecule has 68 valence electrons. The van der Waals surface area contributed by atoms with Crippen molar-refractivity contribution in [1.82, 2.24) is 0 Å². The molecular weight excluding hydrogens is 196 g/mol. The van der Waals surface area contributed by atoms with Gasteiger partial charge in [0.25, 0.3) is 0 Å². The lowest BCUT2D eigenvalue weighted by Gasteiger charge is -1.96. The summed E-state index contributed by atoms with van der Waals surface area (Å²) in [6, 6.07) is 0. The number of nitrogens with zero attached hydrogens (tertiary/aromatic N) is 1. The van der Waals surface area contributed by atoms with Gasteiger partial charge in [0.2, 0.25) is 9.84 Å². The van der Waals surface area contributed by atoms with Gasteiger partial charge in [0.1, 0.15) is 10.9 Å². The zero-order valence-electron chi connectivity index (χ0n) is 6.65. The average molecular weight is 206 g/mol. The van der Waals surface area contributed by atoms with Crippen LogP contribution in [0.15, 0.2) is 16.2 Å². The van der Waals surface area contributed by atoms with Gasteiger partial charge in [-0.2, -0.15) is 11.8 Å². The van der Waals surface area contributed by atoms with E-state index in [1.807, 2.05) is 6.92 Å². The Balaban J connectivity index is 2.76. The SMILES string of the molecule is CCSCC1=NC(N)=CS1(=O)=O. The maximum Gasteiger partial charge on any atom is 0.217 e. The minimum Gasteiger partial charge on any atom is -0.383 e. The molecule has 0 atom stereocenters. The molecule has 0 fully saturated rings. The van der Waals surface area contributed by atoms with Gasteiger partial charge in [0, 0.05) is 5.75 Å². The van der Waals surface area contributed by atoms with Crippen LogP contribution in [0.1, 0.15) is 6.92 Å². The van der Waals surface area contributed by atoms with E-state index >= 15 is 0 Å². The first kappa shape index (κ1) is 9.60. The molecule has 6 heteroatoms. The fourth-order valence-corrected chi connectivity index (χ4v) is 2.85. The summed E-state index contributed by atoms with van der Waals surface area (Å²) in [5.41, 5.74) is 5.26. The van der Waals surface area contributed by atoms with Crippen molar-refractivity contribution in [3.8, 4) is 0 Å². The minimum absolute atomic E-state index is 0.0849. The quantitative estimate of drug-likeness (QED) is 0.722. The van der Waals surface area contributed by atoms with Crippen molar-refractivity contribution in [2.45, 2.75) is 6.92 Å². The molecule has 12 heavy (non-hydrogen) atoms. The van der Waals surface area contributed by atoms with E-state index in [0.717, 1.165) is 11.2 Å². The van der Waals surface area contributed by atoms with E-state index in [2.05, 4.69) is 4.99 Å². The standard InChI is InChI=1S/C6H10N2O2S2/c1-2-11-3-6-8-5(7)4-12(6,9)10/h4H,2-3,7H2,1H3. The van der Waals surface area contributed by atoms with Gasteiger partial charge in [-0.15, -0.1) is 0 Å². The van der Waals surface area contributed by atoms with Crippen molar-refractivity contribution in [3.63, 3.8) is 0 Å². The van der Waals surface area contributed by atoms with Gasteiger partial charge in [0.15, 0.2) is 0 Å². The number of thioether (sulfide) groups is 1. The normalized spacial score (nSPS) is 20.4. The second-order valence-corrected chi connectivity index (χ2v) is 5.30. The van der Waals surface area contributed by atoms with Gasteiger partial charge in [-0.1, -0.05) is 6.92 Å². The van der Waals surface area contributed by atoms with Gasteiger partial charge in [-0.05, 0) is 5.75 Å². The van der Waals surface area contributed by atoms with Crippen LogP contribution in [0, 0.1) is 0 Å². The van der Waals surface area contributed by atoms with Crippen LogP contribution < -0.4 is 5.73 Å². The molecule has 0 spiro atoms. The van der Waals surface area contributed by atoms with E-state index in [1.165, 1.54) is 11.8 Å². The number of sulfone groups is 1. The maximum atomic E-state index is 11.2. The molecule has 0 amide bonds. The lowest BCUT2D eigenvalue weighted by atomic mass is 10.8. The van der Waals surface area contributed by atoms with E-state index in [4.69, 9.17) is 5.73 Å². The molecule has 0 saturated carbocycles. The molecule has 1 rings (SSSR count). The van der Waals surface area contributed by atoms with Crippen molar-refractivity contribution < 1.29 is 8.42 Å². The zero-order chi connectivity index (χ0) is 9.19. The van der Waals surface area contributed by atoms with E-state index in [0.29, 0.717) is 5.75 Å². The molecule has 0 aromatic carbocycles. The third-order valence-electron chi connectivity index (χ3n) is 1.29. The topological polar surface area (TPSA) is 72.5 Å². The number of aliphatic imine (C=N–C) groups is 1. The highest BCUT2D eigenvalue weighted by Crippen LogP contribution is 2.14. The first-order valence-corrected chi connectivity index (χ1v) is 6.14. The molecule has 0 radical (unpaired) electrons. The smallest absolute Gasteiger partial charge is 0.217 e. The number of hydrogen-bond donors (Lipinski definition) is 1. The van der Waals surface area contributed by atoms with Crippen molar-refractivity contribution in [1.29, 1.82) is 0 Å². The molecule has 4 nitrogen and oxygen atoms in total. The Bertz CT molecular complexity index is 329. The molecule has 2 N–H and O–H groups in total. The molecule has 1 aliphatic rings. The van der Waals surface area contributed by atoms with Crippen LogP contribution in [0.3, 0.4) is 0 Å². The molecule has 0 aromatic rings. The summed E-state index contributed by atoms with van der Waals surface area (Å²) in [4.78, 5) is 3.73. The lowest BCUT2D eigenvalue weighted by molar-refractivity contribution is 0.615. The molecule has 0 unspecified atom stereocenters. The summed E-state index contributed by atoms with van der Waals surface area (Å²) in [5.74, 6) is 1.37. The Morgan fingerprint density at radius 2 is 2.33 bits per heavy atom. The van der Waals surface area contributed by atoms with E-state index in [1.54, 1.807) is 0 Å². The highest BCUT2D eigenvalue weighted by atomic mass is 32.2. The van der Waals surface area contributed by atoms with Gasteiger partial charge < -0.3 is 5.73 Å². The zero-order valence-corrected chi connectivity index (χ0v) is 8.28. The summed E-state index contributed by atoms with van der Waals surface area (Å²) in [5, 5.41) is 1.17. The largest absolute Gasteiger partial charge is 0.383 e. The van der Waals surface area contributed by atoms with Gasteiger partial charge in [-0.3, -0.25) is 0 Å². The van der Waals surface area contributed by atoms with Crippen molar-refractivity contribution in [2.75, 3.05) is 11.5 Å². The summed E-state index contributed by atoms with van der Waals surface area (Å²) >= 11 is 1.51. The van der Waals surface area contributed by atoms with Crippen molar-refractivity contribution >= 4 is 26.6 Å². The minimum atomic E-state index is -3.27. The molecule has 0 aliphatic carbocycles. The second kappa shape index (κ2) is 3.49. The Morgan fingerprint density at radius 1 is 1.67 bits per heavy atom. The van der Waals surface area contributed by atoms with Gasteiger partial charge in [-0.25, -0.2) is 13.4 Å². The summed E-state index contributed by atoms with van der Waals surface area (Å²) in [6.07, 6.45) is 0. The van der Waals surface area contributed by atoms with Crippen LogP contribution >= 0.6 is 11.8 Å². The van der Waals surface area contributed by atoms with E-state index in [9.17, 15) is 8.42 Å². The molecular formula is C6H10N2O2S2. The first-order valence-electron chi connectivity index (χ1n) is 3.44. The number of rotatable bonds is 3. The van der Waals surface area contributed by atoms with Crippen LogP contribution in [-0.4, -0.2) is 25.0 Å². The predicted octanol–water partition coefficient (Wildman–Crippen LogP) is 0.324. The molecule has 1 aliphatic heterocycles.